The van der Waals surface area contributed by atoms with Crippen molar-refractivity contribution in [3.05, 3.63) is 35.9 Å². The van der Waals surface area contributed by atoms with E-state index < -0.39 is 0 Å². The van der Waals surface area contributed by atoms with Crippen LogP contribution >= 0.6 is 0 Å². The molecule has 0 radical (unpaired) electrons. The molecule has 0 amide bonds. The van der Waals surface area contributed by atoms with Gasteiger partial charge in [-0.2, -0.15) is 0 Å². The van der Waals surface area contributed by atoms with Crippen LogP contribution in [0.25, 0.3) is 0 Å². The van der Waals surface area contributed by atoms with Gasteiger partial charge in [0.1, 0.15) is 6.61 Å². The largest absolute Gasteiger partial charge is 0.389 e. The van der Waals surface area contributed by atoms with Gasteiger partial charge in [0.05, 0.1) is 0 Å². The van der Waals surface area contributed by atoms with Gasteiger partial charge in [0.25, 0.3) is 0 Å². The third kappa shape index (κ3) is 5.11. The molecule has 72 valence electrons. The van der Waals surface area contributed by atoms with Gasteiger partial charge in [0.15, 0.2) is 5.78 Å². The number of Topliss-reactive ketones (excluding diaryl/α,β-unsaturated/α-hetero) is 1. The van der Waals surface area contributed by atoms with Crippen LogP contribution in [0.2, 0.25) is 0 Å². The molecule has 0 aliphatic rings. The second-order valence-electron chi connectivity index (χ2n) is 2.36. The molecule has 0 fully saturated rings. The number of aliphatic hydroxyl groups is 1. The smallest absolute Gasteiger partial charge is 0.162 e. The van der Waals surface area contributed by atoms with E-state index in [0.29, 0.717) is 6.42 Å². The summed E-state index contributed by atoms with van der Waals surface area (Å²) in [6.45, 7) is -0.366. The predicted octanol–water partition coefficient (Wildman–Crippen LogP) is 0.365. The van der Waals surface area contributed by atoms with E-state index in [-0.39, 0.29) is 12.4 Å². The summed E-state index contributed by atoms with van der Waals surface area (Å²) in [5.41, 5.74) is 5.45. The van der Waals surface area contributed by atoms with Crippen LogP contribution in [0.4, 0.5) is 0 Å². The lowest BCUT2D eigenvalue weighted by atomic mass is 10.1. The molecule has 0 spiro atoms. The van der Waals surface area contributed by atoms with E-state index in [1.165, 1.54) is 7.05 Å². The monoisotopic (exact) mass is 181 g/mol. The molecule has 3 heteroatoms. The summed E-state index contributed by atoms with van der Waals surface area (Å²) in [5.74, 6) is -0.142. The zero-order valence-electron chi connectivity index (χ0n) is 7.73. The van der Waals surface area contributed by atoms with Gasteiger partial charge in [-0.15, -0.1) is 0 Å². The fourth-order valence-corrected chi connectivity index (χ4v) is 0.879. The highest BCUT2D eigenvalue weighted by Gasteiger charge is 1.99. The zero-order valence-corrected chi connectivity index (χ0v) is 7.73. The van der Waals surface area contributed by atoms with Crippen LogP contribution in [0.15, 0.2) is 30.3 Å². The van der Waals surface area contributed by atoms with E-state index in [9.17, 15) is 4.79 Å². The summed E-state index contributed by atoms with van der Waals surface area (Å²) >= 11 is 0. The summed E-state index contributed by atoms with van der Waals surface area (Å²) in [6.07, 6.45) is 0.331. The molecule has 1 aromatic rings. The van der Waals surface area contributed by atoms with Crippen LogP contribution in [0.5, 0.6) is 0 Å². The Kier molecular flexibility index (Phi) is 6.78. The molecule has 1 rings (SSSR count). The Morgan fingerprint density at radius 1 is 1.31 bits per heavy atom. The normalized spacial score (nSPS) is 8.54. The molecule has 0 bridgehead atoms. The van der Waals surface area contributed by atoms with Crippen molar-refractivity contribution in [3.8, 4) is 0 Å². The molecule has 3 nitrogen and oxygen atoms in total. The summed E-state index contributed by atoms with van der Waals surface area (Å²) in [5, 5.41) is 8.45. The number of aliphatic hydroxyl groups excluding tert-OH is 1. The van der Waals surface area contributed by atoms with Crippen LogP contribution in [0.3, 0.4) is 0 Å². The Labute approximate surface area is 78.2 Å². The van der Waals surface area contributed by atoms with Gasteiger partial charge < -0.3 is 10.8 Å². The second-order valence-corrected chi connectivity index (χ2v) is 2.36. The maximum absolute atomic E-state index is 10.7. The molecular weight excluding hydrogens is 166 g/mol. The summed E-state index contributed by atoms with van der Waals surface area (Å²) in [4.78, 5) is 10.7. The third-order valence-electron chi connectivity index (χ3n) is 1.42. The topological polar surface area (TPSA) is 63.3 Å². The van der Waals surface area contributed by atoms with Crippen molar-refractivity contribution >= 4 is 5.78 Å². The molecular formula is C10H15NO2. The van der Waals surface area contributed by atoms with Gasteiger partial charge in [-0.1, -0.05) is 30.3 Å². The minimum absolute atomic E-state index is 0.142. The van der Waals surface area contributed by atoms with E-state index in [1.54, 1.807) is 0 Å². The van der Waals surface area contributed by atoms with Crippen molar-refractivity contribution in [2.24, 2.45) is 5.73 Å². The lowest BCUT2D eigenvalue weighted by molar-refractivity contribution is -0.121. The Bertz CT molecular complexity index is 234. The number of hydrogen-bond donors (Lipinski definition) is 2. The molecule has 0 aromatic heterocycles. The molecule has 0 aliphatic carbocycles. The third-order valence-corrected chi connectivity index (χ3v) is 1.42. The van der Waals surface area contributed by atoms with Crippen LogP contribution < -0.4 is 5.73 Å². The van der Waals surface area contributed by atoms with Crippen molar-refractivity contribution in [2.75, 3.05) is 13.7 Å². The number of carbonyl (C=O) groups excluding carboxylic acids is 1. The average Bonchev–Trinajstić information content (AvgIpc) is 2.22. The number of carbonyl (C=O) groups is 1. The zero-order chi connectivity index (χ0) is 10.1. The maximum atomic E-state index is 10.7. The van der Waals surface area contributed by atoms with Crippen molar-refractivity contribution in [1.82, 2.24) is 0 Å². The summed E-state index contributed by atoms with van der Waals surface area (Å²) in [7, 11) is 1.50. The van der Waals surface area contributed by atoms with E-state index >= 15 is 0 Å². The number of benzene rings is 1. The highest BCUT2D eigenvalue weighted by molar-refractivity contribution is 5.81. The molecule has 0 unspecified atom stereocenters. The minimum Gasteiger partial charge on any atom is -0.389 e. The van der Waals surface area contributed by atoms with Crippen LogP contribution in [-0.2, 0) is 11.2 Å². The molecule has 0 saturated heterocycles. The quantitative estimate of drug-likeness (QED) is 0.708. The Morgan fingerprint density at radius 2 is 1.85 bits per heavy atom. The van der Waals surface area contributed by atoms with E-state index in [1.807, 2.05) is 30.3 Å². The van der Waals surface area contributed by atoms with Crippen molar-refractivity contribution in [3.63, 3.8) is 0 Å². The number of rotatable bonds is 3. The van der Waals surface area contributed by atoms with Gasteiger partial charge in [0.2, 0.25) is 0 Å². The number of ketones is 1. The van der Waals surface area contributed by atoms with E-state index in [2.05, 4.69) is 5.73 Å². The lowest BCUT2D eigenvalue weighted by Gasteiger charge is -1.95. The van der Waals surface area contributed by atoms with E-state index in [0.717, 1.165) is 5.56 Å². The first kappa shape index (κ1) is 11.8. The minimum atomic E-state index is -0.366. The second kappa shape index (κ2) is 7.46. The molecule has 13 heavy (non-hydrogen) atoms. The van der Waals surface area contributed by atoms with Crippen molar-refractivity contribution in [2.45, 2.75) is 6.42 Å². The fourth-order valence-electron chi connectivity index (χ4n) is 0.879. The first-order valence-corrected chi connectivity index (χ1v) is 4.07. The van der Waals surface area contributed by atoms with Crippen LogP contribution in [0, 0.1) is 0 Å². The molecule has 0 atom stereocenters. The predicted molar refractivity (Wildman–Crippen MR) is 52.4 cm³/mol. The van der Waals surface area contributed by atoms with Crippen molar-refractivity contribution < 1.29 is 9.90 Å². The SMILES string of the molecule is CN.O=C(CO)Cc1ccccc1. The standard InChI is InChI=1S/C9H10O2.CH5N/c10-7-9(11)6-8-4-2-1-3-5-8;1-2/h1-5,10H,6-7H2;2H2,1H3. The first-order chi connectivity index (χ1) is 6.33. The Morgan fingerprint density at radius 3 is 2.31 bits per heavy atom. The molecule has 0 heterocycles. The maximum Gasteiger partial charge on any atom is 0.162 e. The van der Waals surface area contributed by atoms with Gasteiger partial charge in [-0.3, -0.25) is 4.79 Å². The van der Waals surface area contributed by atoms with Crippen LogP contribution in [0.1, 0.15) is 5.56 Å². The number of nitrogens with two attached hydrogens (primary N) is 1. The summed E-state index contributed by atoms with van der Waals surface area (Å²) < 4.78 is 0. The number of hydrogen-bond acceptors (Lipinski definition) is 3. The average molecular weight is 181 g/mol. The van der Waals surface area contributed by atoms with E-state index in [4.69, 9.17) is 5.11 Å². The molecule has 0 saturated carbocycles. The first-order valence-electron chi connectivity index (χ1n) is 4.07. The Balaban J connectivity index is 0.000000671. The van der Waals surface area contributed by atoms with Crippen molar-refractivity contribution in [1.29, 1.82) is 0 Å². The van der Waals surface area contributed by atoms with Gasteiger partial charge in [-0.05, 0) is 12.6 Å². The highest BCUT2D eigenvalue weighted by atomic mass is 16.3. The summed E-state index contributed by atoms with van der Waals surface area (Å²) in [6, 6.07) is 9.38. The highest BCUT2D eigenvalue weighted by Crippen LogP contribution is 1.99. The van der Waals surface area contributed by atoms with Gasteiger partial charge in [0, 0.05) is 6.42 Å². The molecule has 3 N–H and O–H groups in total. The van der Waals surface area contributed by atoms with Crippen LogP contribution in [-0.4, -0.2) is 24.5 Å². The Hall–Kier alpha value is -1.19. The fraction of sp³-hybridized carbons (Fsp3) is 0.300. The molecule has 1 aromatic carbocycles. The molecule has 0 aliphatic heterocycles. The van der Waals surface area contributed by atoms with Gasteiger partial charge in [-0.25, -0.2) is 0 Å². The lowest BCUT2D eigenvalue weighted by Crippen LogP contribution is -2.06. The van der Waals surface area contributed by atoms with Gasteiger partial charge >= 0.3 is 0 Å².